The van der Waals surface area contributed by atoms with Gasteiger partial charge in [0.25, 0.3) is 0 Å². The number of benzene rings is 1. The van der Waals surface area contributed by atoms with Crippen LogP contribution in [0.3, 0.4) is 0 Å². The molecular weight excluding hydrogens is 338 g/mol. The maximum atomic E-state index is 12.7. The van der Waals surface area contributed by atoms with Crippen LogP contribution in [0.1, 0.15) is 32.1 Å². The van der Waals surface area contributed by atoms with E-state index in [0.29, 0.717) is 17.6 Å². The molecule has 2 aliphatic rings. The number of anilines is 1. The minimum atomic E-state index is 0. The summed E-state index contributed by atoms with van der Waals surface area (Å²) in [5, 5.41) is 3.08. The summed E-state index contributed by atoms with van der Waals surface area (Å²) in [4.78, 5) is 16.7. The standard InChI is InChI=1S/C19H23N3O2.ClH/c20-18-13-4-1-5-14(18)8-15(7-13)19(23)22-16-6-2-3-12(9-16)17-10-21-11-24-17;/h2-3,6,9-11,13-15,18H,1,4-5,7-8,20H2,(H,22,23);1H. The van der Waals surface area contributed by atoms with E-state index in [1.807, 2.05) is 24.3 Å². The third-order valence-corrected chi connectivity index (χ3v) is 5.63. The molecule has 2 saturated carbocycles. The van der Waals surface area contributed by atoms with Crippen molar-refractivity contribution in [2.24, 2.45) is 23.5 Å². The molecule has 25 heavy (non-hydrogen) atoms. The van der Waals surface area contributed by atoms with Gasteiger partial charge in [0.15, 0.2) is 12.2 Å². The molecule has 0 spiro atoms. The Bertz CT molecular complexity index is 705. The van der Waals surface area contributed by atoms with Crippen LogP contribution in [0.2, 0.25) is 0 Å². The molecule has 2 atom stereocenters. The number of carbonyl (C=O) groups is 1. The number of oxazole rings is 1. The topological polar surface area (TPSA) is 81.2 Å². The fourth-order valence-corrected chi connectivity index (χ4v) is 4.36. The van der Waals surface area contributed by atoms with E-state index < -0.39 is 0 Å². The second-order valence-corrected chi connectivity index (χ2v) is 7.13. The fraction of sp³-hybridized carbons (Fsp3) is 0.474. The summed E-state index contributed by atoms with van der Waals surface area (Å²) >= 11 is 0. The Morgan fingerprint density at radius 3 is 2.68 bits per heavy atom. The number of fused-ring (bicyclic) bond motifs is 2. The summed E-state index contributed by atoms with van der Waals surface area (Å²) < 4.78 is 5.32. The minimum absolute atomic E-state index is 0. The molecule has 2 aromatic rings. The molecule has 5 nitrogen and oxygen atoms in total. The number of amides is 1. The SMILES string of the molecule is Cl.NC1C2CCCC1CC(C(=O)Nc1cccc(-c3cnco3)c1)C2. The Kier molecular flexibility index (Phi) is 5.45. The molecular formula is C19H24ClN3O2. The number of nitrogens with zero attached hydrogens (tertiary/aromatic N) is 1. The van der Waals surface area contributed by atoms with Gasteiger partial charge in [0.2, 0.25) is 5.91 Å². The lowest BCUT2D eigenvalue weighted by atomic mass is 9.65. The Morgan fingerprint density at radius 2 is 2.00 bits per heavy atom. The molecule has 1 aromatic heterocycles. The second kappa shape index (κ2) is 7.58. The summed E-state index contributed by atoms with van der Waals surface area (Å²) in [5.41, 5.74) is 8.04. The summed E-state index contributed by atoms with van der Waals surface area (Å²) in [5.74, 6) is 1.91. The quantitative estimate of drug-likeness (QED) is 0.869. The van der Waals surface area contributed by atoms with Gasteiger partial charge in [0.1, 0.15) is 0 Å². The Labute approximate surface area is 153 Å². The number of hydrogen-bond acceptors (Lipinski definition) is 4. The number of carbonyl (C=O) groups excluding carboxylic acids is 1. The molecule has 2 unspecified atom stereocenters. The molecule has 3 N–H and O–H groups in total. The molecule has 2 aliphatic carbocycles. The van der Waals surface area contributed by atoms with Gasteiger partial charge in [-0.1, -0.05) is 18.6 Å². The van der Waals surface area contributed by atoms with Crippen molar-refractivity contribution in [2.45, 2.75) is 38.1 Å². The second-order valence-electron chi connectivity index (χ2n) is 7.13. The van der Waals surface area contributed by atoms with Crippen LogP contribution < -0.4 is 11.1 Å². The zero-order valence-corrected chi connectivity index (χ0v) is 14.9. The highest BCUT2D eigenvalue weighted by molar-refractivity contribution is 5.93. The van der Waals surface area contributed by atoms with E-state index >= 15 is 0 Å². The van der Waals surface area contributed by atoms with Crippen LogP contribution >= 0.6 is 12.4 Å². The molecule has 0 radical (unpaired) electrons. The predicted octanol–water partition coefficient (Wildman–Crippen LogP) is 3.86. The maximum Gasteiger partial charge on any atom is 0.227 e. The van der Waals surface area contributed by atoms with E-state index in [2.05, 4.69) is 10.3 Å². The van der Waals surface area contributed by atoms with Crippen LogP contribution in [0.25, 0.3) is 11.3 Å². The first-order valence-electron chi connectivity index (χ1n) is 8.76. The van der Waals surface area contributed by atoms with Gasteiger partial charge >= 0.3 is 0 Å². The van der Waals surface area contributed by atoms with Crippen molar-refractivity contribution in [1.29, 1.82) is 0 Å². The zero-order valence-electron chi connectivity index (χ0n) is 14.1. The van der Waals surface area contributed by atoms with Gasteiger partial charge in [-0.3, -0.25) is 4.79 Å². The van der Waals surface area contributed by atoms with Gasteiger partial charge in [-0.2, -0.15) is 0 Å². The Balaban J connectivity index is 0.00000182. The Morgan fingerprint density at radius 1 is 1.24 bits per heavy atom. The number of aromatic nitrogens is 1. The molecule has 0 saturated heterocycles. The summed E-state index contributed by atoms with van der Waals surface area (Å²) in [6.45, 7) is 0. The predicted molar refractivity (Wildman–Crippen MR) is 99.3 cm³/mol. The summed E-state index contributed by atoms with van der Waals surface area (Å²) in [6, 6.07) is 7.98. The molecule has 1 heterocycles. The van der Waals surface area contributed by atoms with Crippen molar-refractivity contribution in [1.82, 2.24) is 4.98 Å². The molecule has 0 aliphatic heterocycles. The molecule has 6 heteroatoms. The summed E-state index contributed by atoms with van der Waals surface area (Å²) in [7, 11) is 0. The lowest BCUT2D eigenvalue weighted by Gasteiger charge is -2.43. The van der Waals surface area contributed by atoms with E-state index in [9.17, 15) is 4.79 Å². The smallest absolute Gasteiger partial charge is 0.227 e. The van der Waals surface area contributed by atoms with Gasteiger partial charge in [-0.25, -0.2) is 4.98 Å². The number of hydrogen-bond donors (Lipinski definition) is 2. The van der Waals surface area contributed by atoms with E-state index in [0.717, 1.165) is 24.1 Å². The minimum Gasteiger partial charge on any atom is -0.444 e. The van der Waals surface area contributed by atoms with Crippen molar-refractivity contribution >= 4 is 24.0 Å². The molecule has 134 valence electrons. The monoisotopic (exact) mass is 361 g/mol. The summed E-state index contributed by atoms with van der Waals surface area (Å²) in [6.07, 6.45) is 8.52. The van der Waals surface area contributed by atoms with Crippen molar-refractivity contribution in [3.05, 3.63) is 36.9 Å². The van der Waals surface area contributed by atoms with E-state index in [-0.39, 0.29) is 30.3 Å². The van der Waals surface area contributed by atoms with E-state index in [1.54, 1.807) is 6.20 Å². The number of rotatable bonds is 3. The number of nitrogens with two attached hydrogens (primary N) is 1. The van der Waals surface area contributed by atoms with Crippen molar-refractivity contribution in [3.8, 4) is 11.3 Å². The highest BCUT2D eigenvalue weighted by atomic mass is 35.5. The first-order valence-corrected chi connectivity index (χ1v) is 8.76. The molecule has 1 aromatic carbocycles. The van der Waals surface area contributed by atoms with E-state index in [1.165, 1.54) is 25.7 Å². The van der Waals surface area contributed by atoms with Gasteiger partial charge in [0.05, 0.1) is 6.20 Å². The van der Waals surface area contributed by atoms with Gasteiger partial charge < -0.3 is 15.5 Å². The van der Waals surface area contributed by atoms with Crippen molar-refractivity contribution in [3.63, 3.8) is 0 Å². The highest BCUT2D eigenvalue weighted by Gasteiger charge is 2.40. The van der Waals surface area contributed by atoms with Crippen molar-refractivity contribution < 1.29 is 9.21 Å². The average molecular weight is 362 g/mol. The van der Waals surface area contributed by atoms with Gasteiger partial charge in [0, 0.05) is 23.2 Å². The van der Waals surface area contributed by atoms with Gasteiger partial charge in [-0.15, -0.1) is 12.4 Å². The van der Waals surface area contributed by atoms with Crippen LogP contribution in [0.5, 0.6) is 0 Å². The van der Waals surface area contributed by atoms with Crippen LogP contribution in [0, 0.1) is 17.8 Å². The first kappa shape index (κ1) is 18.0. The molecule has 1 amide bonds. The Hall–Kier alpha value is -1.85. The van der Waals surface area contributed by atoms with Gasteiger partial charge in [-0.05, 0) is 49.7 Å². The third kappa shape index (κ3) is 3.72. The van der Waals surface area contributed by atoms with Crippen LogP contribution in [-0.4, -0.2) is 16.9 Å². The van der Waals surface area contributed by atoms with Crippen molar-refractivity contribution in [2.75, 3.05) is 5.32 Å². The number of nitrogens with one attached hydrogen (secondary N) is 1. The largest absolute Gasteiger partial charge is 0.444 e. The fourth-order valence-electron chi connectivity index (χ4n) is 4.36. The molecule has 4 rings (SSSR count). The normalized spacial score (nSPS) is 28.0. The lowest BCUT2D eigenvalue weighted by molar-refractivity contribution is -0.122. The molecule has 2 bridgehead atoms. The first-order chi connectivity index (χ1) is 11.7. The highest BCUT2D eigenvalue weighted by Crippen LogP contribution is 2.42. The maximum absolute atomic E-state index is 12.7. The number of halogens is 1. The van der Waals surface area contributed by atoms with Crippen LogP contribution in [0.15, 0.2) is 41.3 Å². The third-order valence-electron chi connectivity index (χ3n) is 5.63. The zero-order chi connectivity index (χ0) is 16.5. The molecule has 2 fully saturated rings. The lowest BCUT2D eigenvalue weighted by Crippen LogP contribution is -2.48. The van der Waals surface area contributed by atoms with E-state index in [4.69, 9.17) is 10.2 Å². The van der Waals surface area contributed by atoms with Crippen LogP contribution in [-0.2, 0) is 4.79 Å². The van der Waals surface area contributed by atoms with Crippen LogP contribution in [0.4, 0.5) is 5.69 Å². The average Bonchev–Trinajstić information content (AvgIpc) is 3.09.